The molecule has 0 unspecified atom stereocenters. The van der Waals surface area contributed by atoms with Gasteiger partial charge in [-0.05, 0) is 24.3 Å². The number of sulfonamides is 1. The summed E-state index contributed by atoms with van der Waals surface area (Å²) in [6.45, 7) is 0. The van der Waals surface area contributed by atoms with Gasteiger partial charge in [-0.2, -0.15) is 0 Å². The molecule has 0 saturated carbocycles. The van der Waals surface area contributed by atoms with Crippen LogP contribution in [0.25, 0.3) is 10.2 Å². The van der Waals surface area contributed by atoms with Crippen molar-refractivity contribution in [3.63, 3.8) is 0 Å². The number of hydrogen-bond acceptors (Lipinski definition) is 6. The van der Waals surface area contributed by atoms with Gasteiger partial charge in [-0.1, -0.05) is 29.5 Å². The van der Waals surface area contributed by atoms with Gasteiger partial charge in [0.25, 0.3) is 10.0 Å². The number of methoxy groups -OCH3 is 2. The molecule has 1 aromatic heterocycles. The first-order chi connectivity index (χ1) is 11.0. The second-order valence-electron chi connectivity index (χ2n) is 4.59. The smallest absolute Gasteiger partial charge is 0.263 e. The zero-order valence-electron chi connectivity index (χ0n) is 12.4. The molecule has 0 radical (unpaired) electrons. The number of nitrogens with zero attached hydrogens (tertiary/aromatic N) is 1. The molecule has 0 fully saturated rings. The summed E-state index contributed by atoms with van der Waals surface area (Å²) in [4.78, 5) is 4.50. The van der Waals surface area contributed by atoms with Gasteiger partial charge in [0.1, 0.15) is 21.7 Å². The van der Waals surface area contributed by atoms with E-state index >= 15 is 0 Å². The van der Waals surface area contributed by atoms with E-state index in [1.807, 2.05) is 0 Å². The molecule has 23 heavy (non-hydrogen) atoms. The monoisotopic (exact) mass is 350 g/mol. The summed E-state index contributed by atoms with van der Waals surface area (Å²) in [6.07, 6.45) is 0. The topological polar surface area (TPSA) is 77.5 Å². The van der Waals surface area contributed by atoms with Crippen molar-refractivity contribution in [1.82, 2.24) is 4.98 Å². The molecule has 0 saturated heterocycles. The number of ether oxygens (including phenoxy) is 2. The first-order valence-corrected chi connectivity index (χ1v) is 8.94. The molecule has 8 heteroatoms. The maximum absolute atomic E-state index is 12.4. The highest BCUT2D eigenvalue weighted by Crippen LogP contribution is 2.39. The first kappa shape index (κ1) is 15.6. The molecule has 1 heterocycles. The molecule has 3 aromatic rings. The minimum Gasteiger partial charge on any atom is -0.495 e. The Kier molecular flexibility index (Phi) is 4.10. The SMILES string of the molecule is COc1ccc(OC)c2sc(NS(=O)(=O)c3ccccc3)nc12. The molecule has 0 aliphatic heterocycles. The minimum absolute atomic E-state index is 0.179. The molecule has 1 N–H and O–H groups in total. The fraction of sp³-hybridized carbons (Fsp3) is 0.133. The third-order valence-electron chi connectivity index (χ3n) is 3.19. The van der Waals surface area contributed by atoms with Gasteiger partial charge in [-0.3, -0.25) is 4.72 Å². The van der Waals surface area contributed by atoms with E-state index in [-0.39, 0.29) is 10.0 Å². The lowest BCUT2D eigenvalue weighted by Gasteiger charge is -2.04. The number of nitrogens with one attached hydrogen (secondary N) is 1. The molecule has 0 aliphatic rings. The maximum Gasteiger partial charge on any atom is 0.263 e. The van der Waals surface area contributed by atoms with Crippen molar-refractivity contribution in [2.24, 2.45) is 0 Å². The van der Waals surface area contributed by atoms with Gasteiger partial charge in [0.2, 0.25) is 0 Å². The molecule has 0 spiro atoms. The van der Waals surface area contributed by atoms with Crippen LogP contribution in [0.5, 0.6) is 11.5 Å². The number of thiazole rings is 1. The Morgan fingerprint density at radius 3 is 2.30 bits per heavy atom. The largest absolute Gasteiger partial charge is 0.495 e. The predicted molar refractivity (Wildman–Crippen MR) is 90.0 cm³/mol. The van der Waals surface area contributed by atoms with Gasteiger partial charge in [-0.25, -0.2) is 13.4 Å². The van der Waals surface area contributed by atoms with Crippen LogP contribution in [0, 0.1) is 0 Å². The Hall–Kier alpha value is -2.32. The van der Waals surface area contributed by atoms with Crippen LogP contribution in [-0.2, 0) is 10.0 Å². The Balaban J connectivity index is 2.04. The van der Waals surface area contributed by atoms with Crippen LogP contribution < -0.4 is 14.2 Å². The van der Waals surface area contributed by atoms with Gasteiger partial charge < -0.3 is 9.47 Å². The van der Waals surface area contributed by atoms with Crippen molar-refractivity contribution in [3.8, 4) is 11.5 Å². The van der Waals surface area contributed by atoms with Crippen molar-refractivity contribution in [2.75, 3.05) is 18.9 Å². The maximum atomic E-state index is 12.4. The van der Waals surface area contributed by atoms with Crippen molar-refractivity contribution in [1.29, 1.82) is 0 Å². The number of aromatic nitrogens is 1. The van der Waals surface area contributed by atoms with E-state index in [4.69, 9.17) is 9.47 Å². The number of hydrogen-bond donors (Lipinski definition) is 1. The second-order valence-corrected chi connectivity index (χ2v) is 7.27. The zero-order valence-corrected chi connectivity index (χ0v) is 14.1. The first-order valence-electron chi connectivity index (χ1n) is 6.64. The molecular formula is C15H14N2O4S2. The second kappa shape index (κ2) is 6.05. The Morgan fingerprint density at radius 1 is 1.00 bits per heavy atom. The molecular weight excluding hydrogens is 336 g/mol. The van der Waals surface area contributed by atoms with Crippen LogP contribution >= 0.6 is 11.3 Å². The van der Waals surface area contributed by atoms with Crippen LogP contribution in [0.1, 0.15) is 0 Å². The number of benzene rings is 2. The minimum atomic E-state index is -3.68. The molecule has 0 aliphatic carbocycles. The van der Waals surface area contributed by atoms with E-state index in [2.05, 4.69) is 9.71 Å². The normalized spacial score (nSPS) is 11.4. The van der Waals surface area contributed by atoms with Gasteiger partial charge in [0, 0.05) is 0 Å². The fourth-order valence-electron chi connectivity index (χ4n) is 2.10. The average molecular weight is 350 g/mol. The number of anilines is 1. The third kappa shape index (κ3) is 2.95. The van der Waals surface area contributed by atoms with Crippen molar-refractivity contribution < 1.29 is 17.9 Å². The van der Waals surface area contributed by atoms with E-state index in [0.717, 1.165) is 4.70 Å². The summed E-state index contributed by atoms with van der Waals surface area (Å²) in [6, 6.07) is 11.6. The summed E-state index contributed by atoms with van der Waals surface area (Å²) in [5.41, 5.74) is 0.558. The average Bonchev–Trinajstić information content (AvgIpc) is 2.97. The Morgan fingerprint density at radius 2 is 1.65 bits per heavy atom. The van der Waals surface area contributed by atoms with E-state index in [1.54, 1.807) is 37.4 Å². The highest BCUT2D eigenvalue weighted by atomic mass is 32.2. The van der Waals surface area contributed by atoms with Crippen molar-refractivity contribution in [3.05, 3.63) is 42.5 Å². The lowest BCUT2D eigenvalue weighted by Crippen LogP contribution is -2.12. The van der Waals surface area contributed by atoms with Crippen molar-refractivity contribution in [2.45, 2.75) is 4.90 Å². The third-order valence-corrected chi connectivity index (χ3v) is 5.65. The molecule has 2 aromatic carbocycles. The molecule has 120 valence electrons. The summed E-state index contributed by atoms with van der Waals surface area (Å²) in [5, 5.41) is 0.256. The van der Waals surface area contributed by atoms with Gasteiger partial charge in [0.05, 0.1) is 19.1 Å². The molecule has 0 amide bonds. The molecule has 0 atom stereocenters. The standard InChI is InChI=1S/C15H14N2O4S2/c1-20-11-8-9-12(21-2)14-13(11)16-15(22-14)17-23(18,19)10-6-4-3-5-7-10/h3-9H,1-2H3,(H,16,17). The molecule has 6 nitrogen and oxygen atoms in total. The lowest BCUT2D eigenvalue weighted by molar-refractivity contribution is 0.410. The van der Waals surface area contributed by atoms with Crippen LogP contribution in [0.2, 0.25) is 0 Å². The lowest BCUT2D eigenvalue weighted by atomic mass is 10.3. The highest BCUT2D eigenvalue weighted by molar-refractivity contribution is 7.93. The van der Waals surface area contributed by atoms with E-state index in [9.17, 15) is 8.42 Å². The van der Waals surface area contributed by atoms with E-state index in [1.165, 1.54) is 30.6 Å². The van der Waals surface area contributed by atoms with Crippen LogP contribution in [0.4, 0.5) is 5.13 Å². The van der Waals surface area contributed by atoms with Crippen LogP contribution in [-0.4, -0.2) is 27.6 Å². The summed E-state index contributed by atoms with van der Waals surface area (Å²) in [7, 11) is -0.597. The Bertz CT molecular complexity index is 896. The quantitative estimate of drug-likeness (QED) is 0.765. The predicted octanol–water partition coefficient (Wildman–Crippen LogP) is 3.11. The van der Waals surface area contributed by atoms with Gasteiger partial charge >= 0.3 is 0 Å². The molecule has 3 rings (SSSR count). The number of rotatable bonds is 5. The van der Waals surface area contributed by atoms with E-state index in [0.29, 0.717) is 17.0 Å². The van der Waals surface area contributed by atoms with Gasteiger partial charge in [-0.15, -0.1) is 0 Å². The molecule has 0 bridgehead atoms. The van der Waals surface area contributed by atoms with Gasteiger partial charge in [0.15, 0.2) is 5.13 Å². The highest BCUT2D eigenvalue weighted by Gasteiger charge is 2.19. The summed E-state index contributed by atoms with van der Waals surface area (Å²) < 4.78 is 38.5. The van der Waals surface area contributed by atoms with Crippen LogP contribution in [0.3, 0.4) is 0 Å². The summed E-state index contributed by atoms with van der Waals surface area (Å²) in [5.74, 6) is 1.17. The number of fused-ring (bicyclic) bond motifs is 1. The zero-order chi connectivity index (χ0) is 16.4. The summed E-state index contributed by atoms with van der Waals surface area (Å²) >= 11 is 1.19. The van der Waals surface area contributed by atoms with Crippen LogP contribution in [0.15, 0.2) is 47.4 Å². The van der Waals surface area contributed by atoms with E-state index < -0.39 is 10.0 Å². The fourth-order valence-corrected chi connectivity index (χ4v) is 4.33. The van der Waals surface area contributed by atoms with Crippen molar-refractivity contribution >= 4 is 36.7 Å². The Labute approximate surface area is 137 Å².